The standard InChI is InChI=1S/C15H24N2O/c1-15(2)14(18)17(8-16-15)13-11-4-9-3-10(6-11)7-12(13)5-9/h9-13,16H,3-8H2,1-2H3. The third-order valence-electron chi connectivity index (χ3n) is 6.02. The normalized spacial score (nSPS) is 49.1. The maximum absolute atomic E-state index is 12.5. The second kappa shape index (κ2) is 3.50. The van der Waals surface area contributed by atoms with Crippen molar-refractivity contribution in [2.24, 2.45) is 23.7 Å². The number of carbonyl (C=O) groups excluding carboxylic acids is 1. The van der Waals surface area contributed by atoms with Crippen LogP contribution in [0.3, 0.4) is 0 Å². The lowest BCUT2D eigenvalue weighted by Crippen LogP contribution is -2.57. The van der Waals surface area contributed by atoms with E-state index in [2.05, 4.69) is 10.2 Å². The fourth-order valence-corrected chi connectivity index (χ4v) is 5.44. The van der Waals surface area contributed by atoms with Crippen LogP contribution in [0.15, 0.2) is 0 Å². The lowest BCUT2D eigenvalue weighted by atomic mass is 9.54. The van der Waals surface area contributed by atoms with Gasteiger partial charge < -0.3 is 4.90 Å². The lowest BCUT2D eigenvalue weighted by molar-refractivity contribution is -0.141. The van der Waals surface area contributed by atoms with Crippen LogP contribution in [0.4, 0.5) is 0 Å². The van der Waals surface area contributed by atoms with E-state index in [-0.39, 0.29) is 5.54 Å². The first-order chi connectivity index (χ1) is 8.54. The molecule has 5 rings (SSSR count). The molecule has 1 N–H and O–H groups in total. The summed E-state index contributed by atoms with van der Waals surface area (Å²) in [5.41, 5.74) is -0.339. The molecule has 1 amide bonds. The smallest absolute Gasteiger partial charge is 0.243 e. The monoisotopic (exact) mass is 248 g/mol. The van der Waals surface area contributed by atoms with Crippen LogP contribution >= 0.6 is 0 Å². The van der Waals surface area contributed by atoms with Crippen molar-refractivity contribution >= 4 is 5.91 Å². The minimum atomic E-state index is -0.339. The summed E-state index contributed by atoms with van der Waals surface area (Å²) in [5, 5.41) is 3.38. The molecule has 4 bridgehead atoms. The highest BCUT2D eigenvalue weighted by Crippen LogP contribution is 2.55. The number of nitrogens with one attached hydrogen (secondary N) is 1. The topological polar surface area (TPSA) is 32.3 Å². The van der Waals surface area contributed by atoms with E-state index in [1.54, 1.807) is 0 Å². The summed E-state index contributed by atoms with van der Waals surface area (Å²) >= 11 is 0. The van der Waals surface area contributed by atoms with E-state index < -0.39 is 0 Å². The van der Waals surface area contributed by atoms with E-state index >= 15 is 0 Å². The van der Waals surface area contributed by atoms with Gasteiger partial charge in [0.2, 0.25) is 5.91 Å². The Hall–Kier alpha value is -0.570. The van der Waals surface area contributed by atoms with E-state index in [1.165, 1.54) is 32.1 Å². The van der Waals surface area contributed by atoms with Gasteiger partial charge in [0.15, 0.2) is 0 Å². The van der Waals surface area contributed by atoms with E-state index in [0.717, 1.165) is 30.3 Å². The predicted octanol–water partition coefficient (Wildman–Crippen LogP) is 1.98. The zero-order valence-corrected chi connectivity index (χ0v) is 11.5. The summed E-state index contributed by atoms with van der Waals surface area (Å²) in [6.45, 7) is 4.82. The van der Waals surface area contributed by atoms with Gasteiger partial charge in [0, 0.05) is 6.04 Å². The molecular formula is C15H24N2O. The Labute approximate surface area is 109 Å². The SMILES string of the molecule is CC1(C)NCN(C2C3CC4CC(C3)CC2C4)C1=O. The number of hydrogen-bond acceptors (Lipinski definition) is 2. The van der Waals surface area contributed by atoms with Gasteiger partial charge in [-0.3, -0.25) is 10.1 Å². The van der Waals surface area contributed by atoms with Gasteiger partial charge in [-0.05, 0) is 69.6 Å². The van der Waals surface area contributed by atoms with E-state index in [9.17, 15) is 4.79 Å². The molecule has 0 radical (unpaired) electrons. The highest BCUT2D eigenvalue weighted by atomic mass is 16.2. The zero-order chi connectivity index (χ0) is 12.5. The van der Waals surface area contributed by atoms with Crippen LogP contribution < -0.4 is 5.32 Å². The number of hydrogen-bond donors (Lipinski definition) is 1. The van der Waals surface area contributed by atoms with Gasteiger partial charge in [-0.1, -0.05) is 0 Å². The molecule has 3 heteroatoms. The van der Waals surface area contributed by atoms with Crippen LogP contribution in [0.2, 0.25) is 0 Å². The average molecular weight is 248 g/mol. The molecular weight excluding hydrogens is 224 g/mol. The summed E-state index contributed by atoms with van der Waals surface area (Å²) in [7, 11) is 0. The zero-order valence-electron chi connectivity index (χ0n) is 11.5. The van der Waals surface area contributed by atoms with Crippen molar-refractivity contribution in [3.05, 3.63) is 0 Å². The van der Waals surface area contributed by atoms with Gasteiger partial charge in [0.1, 0.15) is 0 Å². The molecule has 18 heavy (non-hydrogen) atoms. The van der Waals surface area contributed by atoms with Gasteiger partial charge in [-0.15, -0.1) is 0 Å². The Morgan fingerprint density at radius 1 is 1.06 bits per heavy atom. The van der Waals surface area contributed by atoms with Crippen molar-refractivity contribution in [2.75, 3.05) is 6.67 Å². The largest absolute Gasteiger partial charge is 0.325 e. The highest BCUT2D eigenvalue weighted by molar-refractivity contribution is 5.87. The van der Waals surface area contributed by atoms with Gasteiger partial charge in [0.25, 0.3) is 0 Å². The Morgan fingerprint density at radius 2 is 1.61 bits per heavy atom. The van der Waals surface area contributed by atoms with Crippen LogP contribution in [-0.2, 0) is 4.79 Å². The molecule has 0 aromatic carbocycles. The van der Waals surface area contributed by atoms with Gasteiger partial charge in [0.05, 0.1) is 12.2 Å². The van der Waals surface area contributed by atoms with Crippen molar-refractivity contribution in [1.82, 2.24) is 10.2 Å². The third-order valence-corrected chi connectivity index (χ3v) is 6.02. The molecule has 0 unspecified atom stereocenters. The van der Waals surface area contributed by atoms with Crippen molar-refractivity contribution in [3.8, 4) is 0 Å². The van der Waals surface area contributed by atoms with Gasteiger partial charge in [-0.2, -0.15) is 0 Å². The summed E-state index contributed by atoms with van der Waals surface area (Å²) in [4.78, 5) is 14.7. The first kappa shape index (κ1) is 11.3. The van der Waals surface area contributed by atoms with Gasteiger partial charge >= 0.3 is 0 Å². The number of nitrogens with zero attached hydrogens (tertiary/aromatic N) is 1. The molecule has 5 aliphatic rings. The molecule has 0 aromatic heterocycles. The number of amides is 1. The molecule has 0 aromatic rings. The molecule has 3 nitrogen and oxygen atoms in total. The van der Waals surface area contributed by atoms with Crippen LogP contribution in [0.25, 0.3) is 0 Å². The number of carbonyl (C=O) groups is 1. The summed E-state index contributed by atoms with van der Waals surface area (Å²) in [6, 6.07) is 0.555. The molecule has 0 atom stereocenters. The average Bonchev–Trinajstić information content (AvgIpc) is 2.55. The minimum absolute atomic E-state index is 0.333. The maximum Gasteiger partial charge on any atom is 0.243 e. The van der Waals surface area contributed by atoms with Crippen molar-refractivity contribution in [2.45, 2.75) is 57.5 Å². The molecule has 0 spiro atoms. The third kappa shape index (κ3) is 1.43. The number of rotatable bonds is 1. The van der Waals surface area contributed by atoms with Crippen LogP contribution in [0.5, 0.6) is 0 Å². The Morgan fingerprint density at radius 3 is 2.06 bits per heavy atom. The van der Waals surface area contributed by atoms with Crippen LogP contribution in [-0.4, -0.2) is 29.1 Å². The quantitative estimate of drug-likeness (QED) is 0.769. The Balaban J connectivity index is 1.61. The predicted molar refractivity (Wildman–Crippen MR) is 69.8 cm³/mol. The van der Waals surface area contributed by atoms with Gasteiger partial charge in [-0.25, -0.2) is 0 Å². The molecule has 4 saturated carbocycles. The summed E-state index contributed by atoms with van der Waals surface area (Å²) < 4.78 is 0. The second-order valence-electron chi connectivity index (χ2n) is 7.66. The molecule has 1 heterocycles. The fraction of sp³-hybridized carbons (Fsp3) is 0.933. The molecule has 1 saturated heterocycles. The lowest BCUT2D eigenvalue weighted by Gasteiger charge is -2.56. The Bertz CT molecular complexity index is 362. The van der Waals surface area contributed by atoms with E-state index in [4.69, 9.17) is 0 Å². The highest BCUT2D eigenvalue weighted by Gasteiger charge is 2.53. The fourth-order valence-electron chi connectivity index (χ4n) is 5.44. The van der Waals surface area contributed by atoms with Crippen LogP contribution in [0, 0.1) is 23.7 Å². The molecule has 4 aliphatic carbocycles. The summed E-state index contributed by atoms with van der Waals surface area (Å²) in [5.74, 6) is 3.92. The second-order valence-corrected chi connectivity index (χ2v) is 7.66. The summed E-state index contributed by atoms with van der Waals surface area (Å²) in [6.07, 6.45) is 7.05. The first-order valence-electron chi connectivity index (χ1n) is 7.60. The van der Waals surface area contributed by atoms with Crippen molar-refractivity contribution < 1.29 is 4.79 Å². The van der Waals surface area contributed by atoms with E-state index in [1.807, 2.05) is 13.8 Å². The molecule has 100 valence electrons. The Kier molecular flexibility index (Phi) is 2.19. The maximum atomic E-state index is 12.5. The van der Waals surface area contributed by atoms with Crippen LogP contribution in [0.1, 0.15) is 46.0 Å². The van der Waals surface area contributed by atoms with E-state index in [0.29, 0.717) is 11.9 Å². The van der Waals surface area contributed by atoms with Crippen molar-refractivity contribution in [3.63, 3.8) is 0 Å². The molecule has 1 aliphatic heterocycles. The van der Waals surface area contributed by atoms with Crippen molar-refractivity contribution in [1.29, 1.82) is 0 Å². The minimum Gasteiger partial charge on any atom is -0.325 e. The first-order valence-corrected chi connectivity index (χ1v) is 7.60. The molecule has 5 fully saturated rings.